The number of hydrogen-bond acceptors (Lipinski definition) is 5. The molecule has 0 radical (unpaired) electrons. The monoisotopic (exact) mass is 320 g/mol. The second kappa shape index (κ2) is 6.66. The molecule has 1 amide bonds. The summed E-state index contributed by atoms with van der Waals surface area (Å²) in [6.45, 7) is 2.52. The van der Waals surface area contributed by atoms with Crippen molar-refractivity contribution in [3.8, 4) is 0 Å². The van der Waals surface area contributed by atoms with Gasteiger partial charge in [0.25, 0.3) is 5.91 Å². The van der Waals surface area contributed by atoms with Crippen LogP contribution in [0.2, 0.25) is 0 Å². The van der Waals surface area contributed by atoms with Crippen LogP contribution in [0, 0.1) is 11.6 Å². The second-order valence-corrected chi connectivity index (χ2v) is 4.91. The number of rotatable bonds is 3. The lowest BCUT2D eigenvalue weighted by Crippen LogP contribution is -2.36. The quantitative estimate of drug-likeness (QED) is 0.935. The Balaban J connectivity index is 1.79. The fourth-order valence-corrected chi connectivity index (χ4v) is 2.27. The predicted octanol–water partition coefficient (Wildman–Crippen LogP) is 1.84. The number of ether oxygens (including phenoxy) is 1. The molecule has 2 aromatic rings. The zero-order valence-electron chi connectivity index (χ0n) is 12.1. The van der Waals surface area contributed by atoms with Gasteiger partial charge in [0.05, 0.1) is 13.2 Å². The maximum Gasteiger partial charge on any atom is 0.262 e. The Labute approximate surface area is 131 Å². The molecule has 23 heavy (non-hydrogen) atoms. The van der Waals surface area contributed by atoms with Crippen LogP contribution >= 0.6 is 0 Å². The van der Waals surface area contributed by atoms with Crippen molar-refractivity contribution < 1.29 is 18.3 Å². The number of anilines is 2. The molecule has 0 aliphatic carbocycles. The van der Waals surface area contributed by atoms with Gasteiger partial charge < -0.3 is 15.0 Å². The molecule has 1 aliphatic heterocycles. The molecule has 8 heteroatoms. The minimum atomic E-state index is -0.926. The molecule has 1 aromatic heterocycles. The van der Waals surface area contributed by atoms with Crippen molar-refractivity contribution >= 4 is 17.5 Å². The maximum absolute atomic E-state index is 13.6. The Morgan fingerprint density at radius 2 is 1.87 bits per heavy atom. The maximum atomic E-state index is 13.6. The smallest absolute Gasteiger partial charge is 0.262 e. The summed E-state index contributed by atoms with van der Waals surface area (Å²) in [5.74, 6) is -1.95. The minimum Gasteiger partial charge on any atom is -0.378 e. The third-order valence-corrected chi connectivity index (χ3v) is 3.42. The summed E-state index contributed by atoms with van der Waals surface area (Å²) in [6.07, 6.45) is 1.29. The lowest BCUT2D eigenvalue weighted by atomic mass is 10.2. The molecule has 1 N–H and O–H groups in total. The first-order chi connectivity index (χ1) is 11.1. The second-order valence-electron chi connectivity index (χ2n) is 4.91. The van der Waals surface area contributed by atoms with Crippen LogP contribution in [-0.4, -0.2) is 42.2 Å². The summed E-state index contributed by atoms with van der Waals surface area (Å²) in [5.41, 5.74) is -0.640. The summed E-state index contributed by atoms with van der Waals surface area (Å²) in [4.78, 5) is 22.1. The Morgan fingerprint density at radius 1 is 1.17 bits per heavy atom. The van der Waals surface area contributed by atoms with Crippen molar-refractivity contribution in [2.45, 2.75) is 0 Å². The lowest BCUT2D eigenvalue weighted by molar-refractivity contribution is 0.101. The zero-order chi connectivity index (χ0) is 16.2. The van der Waals surface area contributed by atoms with Crippen LogP contribution in [0.15, 0.2) is 30.6 Å². The molecule has 1 aromatic carbocycles. The predicted molar refractivity (Wildman–Crippen MR) is 79.4 cm³/mol. The molecular weight excluding hydrogens is 306 g/mol. The number of aromatic nitrogens is 2. The van der Waals surface area contributed by atoms with Crippen LogP contribution in [0.1, 0.15) is 10.4 Å². The Hall–Kier alpha value is -2.61. The van der Waals surface area contributed by atoms with Gasteiger partial charge in [-0.15, -0.1) is 0 Å². The van der Waals surface area contributed by atoms with Crippen LogP contribution in [-0.2, 0) is 4.74 Å². The van der Waals surface area contributed by atoms with Crippen molar-refractivity contribution in [2.24, 2.45) is 0 Å². The standard InChI is InChI=1S/C15H14F2N4O2/c16-10-2-1-3-11(17)14(10)15(22)20-12-8-13(19-9-18-12)21-4-6-23-7-5-21/h1-3,8-9H,4-7H2,(H,18,19,20,22). The van der Waals surface area contributed by atoms with E-state index in [0.29, 0.717) is 32.1 Å². The Kier molecular flexibility index (Phi) is 4.42. The fourth-order valence-electron chi connectivity index (χ4n) is 2.27. The molecule has 1 fully saturated rings. The molecule has 3 rings (SSSR count). The largest absolute Gasteiger partial charge is 0.378 e. The van der Waals surface area contributed by atoms with Crippen molar-refractivity contribution in [3.63, 3.8) is 0 Å². The highest BCUT2D eigenvalue weighted by molar-refractivity contribution is 6.04. The van der Waals surface area contributed by atoms with Gasteiger partial charge in [0.2, 0.25) is 0 Å². The van der Waals surface area contributed by atoms with E-state index in [1.165, 1.54) is 12.4 Å². The van der Waals surface area contributed by atoms with Gasteiger partial charge in [0.15, 0.2) is 0 Å². The topological polar surface area (TPSA) is 67.4 Å². The summed E-state index contributed by atoms with van der Waals surface area (Å²) >= 11 is 0. The number of hydrogen-bond donors (Lipinski definition) is 1. The van der Waals surface area contributed by atoms with Crippen molar-refractivity contribution in [3.05, 3.63) is 47.8 Å². The van der Waals surface area contributed by atoms with Gasteiger partial charge in [-0.3, -0.25) is 4.79 Å². The number of benzene rings is 1. The van der Waals surface area contributed by atoms with E-state index < -0.39 is 23.1 Å². The van der Waals surface area contributed by atoms with Crippen molar-refractivity contribution in [1.29, 1.82) is 0 Å². The van der Waals surface area contributed by atoms with Crippen molar-refractivity contribution in [2.75, 3.05) is 36.5 Å². The highest BCUT2D eigenvalue weighted by atomic mass is 19.1. The number of morpholine rings is 1. The number of carbonyl (C=O) groups is 1. The first-order valence-corrected chi connectivity index (χ1v) is 7.05. The van der Waals surface area contributed by atoms with E-state index in [2.05, 4.69) is 15.3 Å². The molecule has 120 valence electrons. The minimum absolute atomic E-state index is 0.175. The van der Waals surface area contributed by atoms with Gasteiger partial charge in [-0.1, -0.05) is 6.07 Å². The SMILES string of the molecule is O=C(Nc1cc(N2CCOCC2)ncn1)c1c(F)cccc1F. The Bertz CT molecular complexity index is 700. The average molecular weight is 320 g/mol. The normalized spacial score (nSPS) is 14.6. The van der Waals surface area contributed by atoms with Gasteiger partial charge >= 0.3 is 0 Å². The average Bonchev–Trinajstić information content (AvgIpc) is 2.56. The lowest BCUT2D eigenvalue weighted by Gasteiger charge is -2.27. The van der Waals surface area contributed by atoms with Gasteiger partial charge in [-0.25, -0.2) is 18.7 Å². The third-order valence-electron chi connectivity index (χ3n) is 3.42. The zero-order valence-corrected chi connectivity index (χ0v) is 12.1. The van der Waals surface area contributed by atoms with Crippen LogP contribution in [0.5, 0.6) is 0 Å². The van der Waals surface area contributed by atoms with E-state index in [1.54, 1.807) is 6.07 Å². The highest BCUT2D eigenvalue weighted by Gasteiger charge is 2.18. The van der Waals surface area contributed by atoms with E-state index in [-0.39, 0.29) is 5.82 Å². The summed E-state index contributed by atoms with van der Waals surface area (Å²) in [5, 5.41) is 2.39. The van der Waals surface area contributed by atoms with Gasteiger partial charge in [-0.05, 0) is 12.1 Å². The van der Waals surface area contributed by atoms with E-state index >= 15 is 0 Å². The molecule has 6 nitrogen and oxygen atoms in total. The van der Waals surface area contributed by atoms with E-state index in [4.69, 9.17) is 4.74 Å². The molecule has 0 spiro atoms. The number of halogens is 2. The Morgan fingerprint density at radius 3 is 2.57 bits per heavy atom. The number of nitrogens with zero attached hydrogens (tertiary/aromatic N) is 3. The van der Waals surface area contributed by atoms with Gasteiger partial charge in [0.1, 0.15) is 35.2 Å². The van der Waals surface area contributed by atoms with E-state index in [1.807, 2.05) is 4.90 Å². The third kappa shape index (κ3) is 3.42. The van der Waals surface area contributed by atoms with E-state index in [9.17, 15) is 13.6 Å². The summed E-state index contributed by atoms with van der Waals surface area (Å²) < 4.78 is 32.5. The first-order valence-electron chi connectivity index (χ1n) is 7.05. The molecule has 2 heterocycles. The highest BCUT2D eigenvalue weighted by Crippen LogP contribution is 2.18. The van der Waals surface area contributed by atoms with Gasteiger partial charge in [0, 0.05) is 19.2 Å². The van der Waals surface area contributed by atoms with Gasteiger partial charge in [-0.2, -0.15) is 0 Å². The number of carbonyl (C=O) groups excluding carboxylic acids is 1. The van der Waals surface area contributed by atoms with Crippen LogP contribution in [0.4, 0.5) is 20.4 Å². The molecular formula is C15H14F2N4O2. The van der Waals surface area contributed by atoms with Crippen LogP contribution in [0.3, 0.4) is 0 Å². The summed E-state index contributed by atoms with van der Waals surface area (Å²) in [7, 11) is 0. The number of nitrogens with one attached hydrogen (secondary N) is 1. The number of amides is 1. The molecule has 0 unspecified atom stereocenters. The fraction of sp³-hybridized carbons (Fsp3) is 0.267. The molecule has 0 saturated carbocycles. The summed E-state index contributed by atoms with van der Waals surface area (Å²) in [6, 6.07) is 4.80. The molecule has 0 bridgehead atoms. The van der Waals surface area contributed by atoms with E-state index in [0.717, 1.165) is 12.1 Å². The van der Waals surface area contributed by atoms with Crippen molar-refractivity contribution in [1.82, 2.24) is 9.97 Å². The van der Waals surface area contributed by atoms with Crippen LogP contribution < -0.4 is 10.2 Å². The van der Waals surface area contributed by atoms with Crippen LogP contribution in [0.25, 0.3) is 0 Å². The molecule has 0 atom stereocenters. The first kappa shape index (κ1) is 15.3. The molecule has 1 aliphatic rings. The molecule has 1 saturated heterocycles.